The van der Waals surface area contributed by atoms with Crippen molar-refractivity contribution in [1.82, 2.24) is 9.38 Å². The molecule has 0 N–H and O–H groups in total. The van der Waals surface area contributed by atoms with Gasteiger partial charge in [0.05, 0.1) is 5.52 Å². The van der Waals surface area contributed by atoms with E-state index in [9.17, 15) is 4.79 Å². The van der Waals surface area contributed by atoms with Crippen LogP contribution in [0.2, 0.25) is 0 Å². The molecule has 2 rings (SSSR count). The van der Waals surface area contributed by atoms with Crippen LogP contribution in [0.25, 0.3) is 5.52 Å². The van der Waals surface area contributed by atoms with Crippen LogP contribution in [0.15, 0.2) is 22.9 Å². The quantitative estimate of drug-likeness (QED) is 0.768. The van der Waals surface area contributed by atoms with Crippen molar-refractivity contribution in [2.45, 2.75) is 13.3 Å². The van der Waals surface area contributed by atoms with Crippen LogP contribution in [0.1, 0.15) is 11.4 Å². The number of aldehydes is 1. The summed E-state index contributed by atoms with van der Waals surface area (Å²) in [7, 11) is 0. The van der Waals surface area contributed by atoms with Crippen molar-refractivity contribution in [3.05, 3.63) is 34.3 Å². The highest BCUT2D eigenvalue weighted by atomic mass is 79.9. The van der Waals surface area contributed by atoms with Gasteiger partial charge >= 0.3 is 0 Å². The Hall–Kier alpha value is -1.16. The molecule has 0 amide bonds. The number of halogens is 1. The minimum absolute atomic E-state index is 0.425. The number of aromatic nitrogens is 2. The molecule has 0 saturated heterocycles. The van der Waals surface area contributed by atoms with Gasteiger partial charge in [-0.25, -0.2) is 4.98 Å². The molecule has 2 aromatic heterocycles. The number of hydrogen-bond acceptors (Lipinski definition) is 2. The zero-order valence-corrected chi connectivity index (χ0v) is 9.28. The molecule has 0 fully saturated rings. The highest BCUT2D eigenvalue weighted by Gasteiger charge is 2.08. The maximum absolute atomic E-state index is 10.5. The second kappa shape index (κ2) is 3.53. The first-order valence-corrected chi connectivity index (χ1v) is 5.09. The van der Waals surface area contributed by atoms with Gasteiger partial charge in [0.1, 0.15) is 16.7 Å². The van der Waals surface area contributed by atoms with E-state index in [1.54, 1.807) is 0 Å². The summed E-state index contributed by atoms with van der Waals surface area (Å²) in [6.45, 7) is 1.93. The van der Waals surface area contributed by atoms with Crippen LogP contribution < -0.4 is 0 Å². The summed E-state index contributed by atoms with van der Waals surface area (Å²) in [6, 6.07) is 3.86. The van der Waals surface area contributed by atoms with Crippen LogP contribution >= 0.6 is 15.9 Å². The number of fused-ring (bicyclic) bond motifs is 1. The number of imidazole rings is 1. The predicted octanol–water partition coefficient (Wildman–Crippen LogP) is 2.15. The van der Waals surface area contributed by atoms with Gasteiger partial charge in [-0.2, -0.15) is 0 Å². The maximum atomic E-state index is 10.5. The molecule has 0 spiro atoms. The number of rotatable bonds is 2. The average Bonchev–Trinajstić information content (AvgIpc) is 2.44. The van der Waals surface area contributed by atoms with E-state index in [-0.39, 0.29) is 0 Å². The minimum atomic E-state index is 0.425. The van der Waals surface area contributed by atoms with Crippen molar-refractivity contribution >= 4 is 27.7 Å². The van der Waals surface area contributed by atoms with Crippen LogP contribution in [-0.2, 0) is 11.2 Å². The maximum Gasteiger partial charge on any atom is 0.132 e. The lowest BCUT2D eigenvalue weighted by atomic mass is 10.2. The molecular formula is C10H9BrN2O. The zero-order chi connectivity index (χ0) is 10.1. The third-order valence-electron chi connectivity index (χ3n) is 2.18. The molecule has 3 nitrogen and oxygen atoms in total. The Morgan fingerprint density at radius 1 is 1.64 bits per heavy atom. The van der Waals surface area contributed by atoms with Gasteiger partial charge in [-0.15, -0.1) is 0 Å². The van der Waals surface area contributed by atoms with Gasteiger partial charge in [-0.1, -0.05) is 6.07 Å². The number of carbonyl (C=O) groups is 1. The lowest BCUT2D eigenvalue weighted by Gasteiger charge is -2.00. The number of carbonyl (C=O) groups excluding carboxylic acids is 1. The third-order valence-corrected chi connectivity index (χ3v) is 2.74. The minimum Gasteiger partial charge on any atom is -0.303 e. The van der Waals surface area contributed by atoms with E-state index in [0.29, 0.717) is 6.42 Å². The van der Waals surface area contributed by atoms with Crippen molar-refractivity contribution in [2.75, 3.05) is 0 Å². The van der Waals surface area contributed by atoms with Gasteiger partial charge in [-0.3, -0.25) is 0 Å². The molecule has 0 saturated carbocycles. The van der Waals surface area contributed by atoms with E-state index < -0.39 is 0 Å². The first-order chi connectivity index (χ1) is 6.74. The molecule has 0 aromatic carbocycles. The van der Waals surface area contributed by atoms with Crippen LogP contribution in [0, 0.1) is 6.92 Å². The highest BCUT2D eigenvalue weighted by Crippen LogP contribution is 2.22. The predicted molar refractivity (Wildman–Crippen MR) is 57.4 cm³/mol. The van der Waals surface area contributed by atoms with Crippen LogP contribution in [0.5, 0.6) is 0 Å². The van der Waals surface area contributed by atoms with Gasteiger partial charge in [-0.05, 0) is 34.5 Å². The molecule has 2 aromatic rings. The lowest BCUT2D eigenvalue weighted by Crippen LogP contribution is -1.93. The Kier molecular flexibility index (Phi) is 2.37. The van der Waals surface area contributed by atoms with Gasteiger partial charge < -0.3 is 9.20 Å². The van der Waals surface area contributed by atoms with Crippen molar-refractivity contribution in [1.29, 1.82) is 0 Å². The fourth-order valence-corrected chi connectivity index (χ4v) is 2.26. The van der Waals surface area contributed by atoms with E-state index in [1.165, 1.54) is 0 Å². The summed E-state index contributed by atoms with van der Waals surface area (Å²) in [6.07, 6.45) is 3.27. The van der Waals surface area contributed by atoms with Gasteiger partial charge in [0.2, 0.25) is 0 Å². The highest BCUT2D eigenvalue weighted by molar-refractivity contribution is 9.10. The lowest BCUT2D eigenvalue weighted by molar-refractivity contribution is -0.107. The van der Waals surface area contributed by atoms with Gasteiger partial charge in [0.15, 0.2) is 0 Å². The van der Waals surface area contributed by atoms with Crippen molar-refractivity contribution in [3.63, 3.8) is 0 Å². The van der Waals surface area contributed by atoms with E-state index in [4.69, 9.17) is 0 Å². The largest absolute Gasteiger partial charge is 0.303 e. The fraction of sp³-hybridized carbons (Fsp3) is 0.200. The van der Waals surface area contributed by atoms with Gasteiger partial charge in [0, 0.05) is 12.6 Å². The molecule has 0 bridgehead atoms. The van der Waals surface area contributed by atoms with E-state index >= 15 is 0 Å². The standard InChI is InChI=1S/C10H9BrN2O/c1-7-12-10(11)9-8(4-6-14)3-2-5-13(7)9/h2-3,5-6H,4H2,1H3. The van der Waals surface area contributed by atoms with Crippen molar-refractivity contribution in [3.8, 4) is 0 Å². The van der Waals surface area contributed by atoms with E-state index in [1.807, 2.05) is 29.7 Å². The summed E-state index contributed by atoms with van der Waals surface area (Å²) in [4.78, 5) is 14.8. The molecule has 0 aliphatic heterocycles. The topological polar surface area (TPSA) is 34.4 Å². The summed E-state index contributed by atoms with van der Waals surface area (Å²) in [5.74, 6) is 0.916. The molecule has 72 valence electrons. The van der Waals surface area contributed by atoms with Crippen molar-refractivity contribution < 1.29 is 4.79 Å². The van der Waals surface area contributed by atoms with Crippen LogP contribution in [0.3, 0.4) is 0 Å². The smallest absolute Gasteiger partial charge is 0.132 e. The molecule has 2 heterocycles. The first-order valence-electron chi connectivity index (χ1n) is 4.29. The molecule has 14 heavy (non-hydrogen) atoms. The summed E-state index contributed by atoms with van der Waals surface area (Å²) in [5, 5.41) is 0. The van der Waals surface area contributed by atoms with E-state index in [0.717, 1.165) is 27.8 Å². The molecule has 0 aliphatic rings. The number of nitrogens with zero attached hydrogens (tertiary/aromatic N) is 2. The Bertz CT molecular complexity index is 490. The normalized spacial score (nSPS) is 10.7. The Labute approximate surface area is 89.9 Å². The van der Waals surface area contributed by atoms with Gasteiger partial charge in [0.25, 0.3) is 0 Å². The molecule has 0 atom stereocenters. The Morgan fingerprint density at radius 3 is 3.14 bits per heavy atom. The number of aryl methyl sites for hydroxylation is 1. The number of hydrogen-bond donors (Lipinski definition) is 0. The first kappa shape index (κ1) is 9.40. The Balaban J connectivity index is 2.78. The van der Waals surface area contributed by atoms with Crippen LogP contribution in [-0.4, -0.2) is 15.7 Å². The summed E-state index contributed by atoms with van der Waals surface area (Å²) in [5.41, 5.74) is 1.98. The number of pyridine rings is 1. The zero-order valence-electron chi connectivity index (χ0n) is 7.70. The molecule has 0 radical (unpaired) electrons. The second-order valence-electron chi connectivity index (χ2n) is 3.07. The van der Waals surface area contributed by atoms with Crippen molar-refractivity contribution in [2.24, 2.45) is 0 Å². The third kappa shape index (κ3) is 1.35. The molecular weight excluding hydrogens is 244 g/mol. The molecule has 0 unspecified atom stereocenters. The van der Waals surface area contributed by atoms with E-state index in [2.05, 4.69) is 20.9 Å². The summed E-state index contributed by atoms with van der Waals surface area (Å²) < 4.78 is 2.77. The average molecular weight is 253 g/mol. The second-order valence-corrected chi connectivity index (χ2v) is 3.82. The molecule has 0 aliphatic carbocycles. The monoisotopic (exact) mass is 252 g/mol. The SMILES string of the molecule is Cc1nc(Br)c2c(CC=O)cccn12. The summed E-state index contributed by atoms with van der Waals surface area (Å²) >= 11 is 3.39. The Morgan fingerprint density at radius 2 is 2.43 bits per heavy atom. The van der Waals surface area contributed by atoms with Crippen LogP contribution in [0.4, 0.5) is 0 Å². The fourth-order valence-electron chi connectivity index (χ4n) is 1.56. The molecule has 4 heteroatoms.